The third-order valence-corrected chi connectivity index (χ3v) is 10.2. The van der Waals surface area contributed by atoms with Gasteiger partial charge in [0.15, 0.2) is 0 Å². The molecule has 0 saturated carbocycles. The first-order valence-electron chi connectivity index (χ1n) is 16.7. The van der Waals surface area contributed by atoms with Gasteiger partial charge in [-0.2, -0.15) is 0 Å². The van der Waals surface area contributed by atoms with Crippen LogP contribution < -0.4 is 9.47 Å². The molecule has 0 radical (unpaired) electrons. The van der Waals surface area contributed by atoms with Gasteiger partial charge in [-0.15, -0.1) is 11.6 Å². The van der Waals surface area contributed by atoms with Crippen molar-refractivity contribution >= 4 is 22.7 Å². The summed E-state index contributed by atoms with van der Waals surface area (Å²) in [4.78, 5) is 0. The number of ether oxygens (including phenoxy) is 2. The lowest BCUT2D eigenvalue weighted by atomic mass is 9.79. The molecule has 3 nitrogen and oxygen atoms in total. The first-order valence-corrected chi connectivity index (χ1v) is 17.2. The van der Waals surface area contributed by atoms with Crippen LogP contribution in [0, 0.1) is 34.1 Å². The summed E-state index contributed by atoms with van der Waals surface area (Å²) in [6.07, 6.45) is 8.15. The molecule has 0 fully saturated rings. The fraction of sp³-hybridized carbons (Fsp3) is 0.364. The van der Waals surface area contributed by atoms with E-state index in [4.69, 9.17) is 21.1 Å². The lowest BCUT2D eigenvalue weighted by Crippen LogP contribution is -2.11. The van der Waals surface area contributed by atoms with Crippen molar-refractivity contribution in [3.05, 3.63) is 118 Å². The molecule has 280 valence electrons. The molecule has 0 aliphatic heterocycles. The van der Waals surface area contributed by atoms with Gasteiger partial charge >= 0.3 is 0 Å². The molecule has 0 aromatic heterocycles. The molecule has 1 N–H and O–H groups in total. The standard InChI is InChI=1S/C21H21ClF2O.C21H22F2O2.2CH4/c1-21(2)8-4-5-18(21)16-9-13(12-22)20(24)11-15(16)17-10-14(25-3)6-7-19(17)23;1-21(2)8-4-5-18(21)16-9-13(12-24)20(23)11-15(16)17-10-14(25-3)6-7-19(17)22;;/h5-7,9-11H,4,8,12H2,1-3H3;5-7,9-11,24H,4,8,12H2,1-3H3;2*1H4. The minimum atomic E-state index is -0.542. The van der Waals surface area contributed by atoms with Gasteiger partial charge in [-0.25, -0.2) is 17.6 Å². The SMILES string of the molecule is C.C.COc1ccc(F)c(-c2cc(F)c(CCl)cc2C2=CCCC2(C)C)c1.COc1ccc(F)c(-c2cc(F)c(CO)cc2C2=CCCC2(C)C)c1. The van der Waals surface area contributed by atoms with Gasteiger partial charge in [-0.3, -0.25) is 0 Å². The second-order valence-electron chi connectivity index (χ2n) is 14.0. The number of allylic oxidation sites excluding steroid dienone is 4. The maximum absolute atomic E-state index is 14.5. The predicted molar refractivity (Wildman–Crippen MR) is 208 cm³/mol. The topological polar surface area (TPSA) is 38.7 Å². The fourth-order valence-electron chi connectivity index (χ4n) is 6.95. The molecule has 2 aliphatic rings. The van der Waals surface area contributed by atoms with Crippen molar-refractivity contribution in [2.45, 2.75) is 80.7 Å². The highest BCUT2D eigenvalue weighted by molar-refractivity contribution is 6.17. The quantitative estimate of drug-likeness (QED) is 0.144. The van der Waals surface area contributed by atoms with Crippen molar-refractivity contribution in [2.24, 2.45) is 10.8 Å². The minimum Gasteiger partial charge on any atom is -0.497 e. The van der Waals surface area contributed by atoms with Crippen LogP contribution in [0.3, 0.4) is 0 Å². The van der Waals surface area contributed by atoms with Crippen molar-refractivity contribution in [3.63, 3.8) is 0 Å². The molecule has 2 aliphatic carbocycles. The van der Waals surface area contributed by atoms with Crippen LogP contribution in [-0.4, -0.2) is 19.3 Å². The molecule has 0 saturated heterocycles. The summed E-state index contributed by atoms with van der Waals surface area (Å²) in [6, 6.07) is 15.1. The van der Waals surface area contributed by atoms with E-state index in [2.05, 4.69) is 39.8 Å². The number of aliphatic hydroxyl groups excluding tert-OH is 1. The number of alkyl halides is 1. The molecule has 4 aromatic carbocycles. The second kappa shape index (κ2) is 17.2. The highest BCUT2D eigenvalue weighted by Gasteiger charge is 2.32. The molecule has 0 heterocycles. The Morgan fingerprint density at radius 3 is 1.33 bits per heavy atom. The van der Waals surface area contributed by atoms with Crippen molar-refractivity contribution < 1.29 is 32.1 Å². The number of hydrogen-bond acceptors (Lipinski definition) is 3. The van der Waals surface area contributed by atoms with Crippen LogP contribution in [0.25, 0.3) is 33.4 Å². The minimum absolute atomic E-state index is 0. The van der Waals surface area contributed by atoms with E-state index < -0.39 is 29.9 Å². The van der Waals surface area contributed by atoms with Crippen LogP contribution in [0.5, 0.6) is 11.5 Å². The Hall–Kier alpha value is -4.07. The van der Waals surface area contributed by atoms with Gasteiger partial charge in [0.05, 0.1) is 26.7 Å². The van der Waals surface area contributed by atoms with Gasteiger partial charge in [0.2, 0.25) is 0 Å². The molecular formula is C44H51ClF4O3. The first-order chi connectivity index (χ1) is 23.7. The van der Waals surface area contributed by atoms with Crippen molar-refractivity contribution in [2.75, 3.05) is 14.2 Å². The zero-order valence-corrected chi connectivity index (χ0v) is 30.1. The summed E-state index contributed by atoms with van der Waals surface area (Å²) < 4.78 is 68.3. The molecule has 52 heavy (non-hydrogen) atoms. The van der Waals surface area contributed by atoms with Gasteiger partial charge in [-0.1, -0.05) is 54.7 Å². The summed E-state index contributed by atoms with van der Waals surface area (Å²) >= 11 is 5.91. The lowest BCUT2D eigenvalue weighted by Gasteiger charge is -2.25. The van der Waals surface area contributed by atoms with Gasteiger partial charge in [0, 0.05) is 22.3 Å². The molecule has 0 atom stereocenters. The third-order valence-electron chi connectivity index (χ3n) is 9.89. The summed E-state index contributed by atoms with van der Waals surface area (Å²) in [7, 11) is 3.04. The van der Waals surface area contributed by atoms with Crippen LogP contribution in [0.2, 0.25) is 0 Å². The Kier molecular flexibility index (Phi) is 14.0. The van der Waals surface area contributed by atoms with E-state index in [9.17, 15) is 22.7 Å². The van der Waals surface area contributed by atoms with Crippen molar-refractivity contribution in [1.29, 1.82) is 0 Å². The van der Waals surface area contributed by atoms with Crippen molar-refractivity contribution in [1.82, 2.24) is 0 Å². The van der Waals surface area contributed by atoms with E-state index in [0.29, 0.717) is 39.3 Å². The highest BCUT2D eigenvalue weighted by atomic mass is 35.5. The van der Waals surface area contributed by atoms with E-state index >= 15 is 0 Å². The normalized spacial score (nSPS) is 15.4. The van der Waals surface area contributed by atoms with Crippen LogP contribution in [0.15, 0.2) is 72.8 Å². The molecule has 6 rings (SSSR count). The molecule has 4 aromatic rings. The van der Waals surface area contributed by atoms with E-state index in [-0.39, 0.29) is 37.1 Å². The molecule has 8 heteroatoms. The number of rotatable bonds is 8. The zero-order valence-electron chi connectivity index (χ0n) is 29.3. The fourth-order valence-corrected chi connectivity index (χ4v) is 7.16. The highest BCUT2D eigenvalue weighted by Crippen LogP contribution is 2.49. The number of aliphatic hydroxyl groups is 1. The Labute approximate surface area is 312 Å². The average Bonchev–Trinajstić information content (AvgIpc) is 3.64. The smallest absolute Gasteiger partial charge is 0.131 e. The van der Waals surface area contributed by atoms with Crippen LogP contribution in [-0.2, 0) is 12.5 Å². The van der Waals surface area contributed by atoms with Gasteiger partial charge in [-0.05, 0) is 131 Å². The van der Waals surface area contributed by atoms with Gasteiger partial charge in [0.25, 0.3) is 0 Å². The monoisotopic (exact) mass is 738 g/mol. The Morgan fingerprint density at radius 1 is 0.577 bits per heavy atom. The average molecular weight is 739 g/mol. The zero-order chi connectivity index (χ0) is 36.4. The summed E-state index contributed by atoms with van der Waals surface area (Å²) in [5, 5.41) is 9.46. The Bertz CT molecular complexity index is 1820. The predicted octanol–water partition coefficient (Wildman–Crippen LogP) is 13.2. The number of hydrogen-bond donors (Lipinski definition) is 1. The molecule has 0 bridgehead atoms. The van der Waals surface area contributed by atoms with E-state index in [1.165, 1.54) is 44.6 Å². The van der Waals surface area contributed by atoms with Crippen LogP contribution in [0.4, 0.5) is 17.6 Å². The van der Waals surface area contributed by atoms with Gasteiger partial charge in [0.1, 0.15) is 34.8 Å². The van der Waals surface area contributed by atoms with Gasteiger partial charge < -0.3 is 14.6 Å². The molecule has 0 spiro atoms. The molecule has 0 amide bonds. The number of benzene rings is 4. The Balaban J connectivity index is 0.000000270. The van der Waals surface area contributed by atoms with Crippen LogP contribution in [0.1, 0.15) is 90.5 Å². The number of halogens is 5. The molecule has 0 unspecified atom stereocenters. The molecular weight excluding hydrogens is 688 g/mol. The van der Waals surface area contributed by atoms with E-state index in [0.717, 1.165) is 48.0 Å². The summed E-state index contributed by atoms with van der Waals surface area (Å²) in [6.45, 7) is 8.16. The maximum Gasteiger partial charge on any atom is 0.131 e. The summed E-state index contributed by atoms with van der Waals surface area (Å²) in [5.41, 5.74) is 5.90. The Morgan fingerprint density at radius 2 is 0.981 bits per heavy atom. The van der Waals surface area contributed by atoms with Crippen LogP contribution >= 0.6 is 11.6 Å². The number of methoxy groups -OCH3 is 2. The van der Waals surface area contributed by atoms with E-state index in [1.54, 1.807) is 30.3 Å². The maximum atomic E-state index is 14.5. The lowest BCUT2D eigenvalue weighted by molar-refractivity contribution is 0.275. The van der Waals surface area contributed by atoms with E-state index in [1.807, 2.05) is 0 Å². The first kappa shape index (κ1) is 42.3. The largest absolute Gasteiger partial charge is 0.497 e. The summed E-state index contributed by atoms with van der Waals surface area (Å²) in [5.74, 6) is -0.691. The second-order valence-corrected chi connectivity index (χ2v) is 14.3. The van der Waals surface area contributed by atoms with Crippen molar-refractivity contribution in [3.8, 4) is 33.8 Å². The third kappa shape index (κ3) is 8.58.